The molecule has 0 unspecified atom stereocenters. The van der Waals surface area contributed by atoms with Crippen LogP contribution < -0.4 is 0 Å². The second-order valence-corrected chi connectivity index (χ2v) is 8.11. The normalized spacial score (nSPS) is 15.2. The molecule has 1 fully saturated rings. The summed E-state index contributed by atoms with van der Waals surface area (Å²) in [7, 11) is 0. The highest BCUT2D eigenvalue weighted by molar-refractivity contribution is 5.76. The Balaban J connectivity index is 1.55. The molecule has 0 spiro atoms. The van der Waals surface area contributed by atoms with Crippen molar-refractivity contribution in [2.75, 3.05) is 19.6 Å². The van der Waals surface area contributed by atoms with Crippen LogP contribution in [0, 0.1) is 12.8 Å². The summed E-state index contributed by atoms with van der Waals surface area (Å²) in [6.45, 7) is 10.6. The summed E-state index contributed by atoms with van der Waals surface area (Å²) in [5.41, 5.74) is 3.88. The molecule has 1 aliphatic heterocycles. The largest absolute Gasteiger partial charge is 0.338 e. The summed E-state index contributed by atoms with van der Waals surface area (Å²) in [4.78, 5) is 21.5. The van der Waals surface area contributed by atoms with Gasteiger partial charge in [-0.1, -0.05) is 36.4 Å². The standard InChI is InChI=1S/C25H33N3O/c1-3-4-11-25(29)28(19-23-9-7-14-26-17-23)18-22-12-15-27(16-13-22)20-24-10-6-5-8-21(24)2/h3,5-10,14,17,22H,1,4,11-13,15-16,18-20H2,2H3. The van der Waals surface area contributed by atoms with Crippen LogP contribution in [-0.4, -0.2) is 40.3 Å². The van der Waals surface area contributed by atoms with Gasteiger partial charge in [-0.3, -0.25) is 14.7 Å². The Bertz CT molecular complexity index is 782. The van der Waals surface area contributed by atoms with Crippen molar-refractivity contribution in [3.63, 3.8) is 0 Å². The first-order chi connectivity index (χ1) is 14.2. The van der Waals surface area contributed by atoms with Crippen LogP contribution >= 0.6 is 0 Å². The van der Waals surface area contributed by atoms with Gasteiger partial charge in [-0.05, 0) is 68.0 Å². The molecule has 0 aliphatic carbocycles. The molecule has 1 aromatic heterocycles. The highest BCUT2D eigenvalue weighted by Gasteiger charge is 2.24. The van der Waals surface area contributed by atoms with Crippen molar-refractivity contribution in [1.82, 2.24) is 14.8 Å². The summed E-state index contributed by atoms with van der Waals surface area (Å²) in [6, 6.07) is 12.6. The van der Waals surface area contributed by atoms with Crippen LogP contribution in [0.5, 0.6) is 0 Å². The van der Waals surface area contributed by atoms with Crippen molar-refractivity contribution in [2.24, 2.45) is 5.92 Å². The summed E-state index contributed by atoms with van der Waals surface area (Å²) < 4.78 is 0. The van der Waals surface area contributed by atoms with Crippen LogP contribution in [0.15, 0.2) is 61.4 Å². The number of carbonyl (C=O) groups is 1. The minimum atomic E-state index is 0.219. The van der Waals surface area contributed by atoms with Crippen LogP contribution in [0.1, 0.15) is 42.4 Å². The number of allylic oxidation sites excluding steroid dienone is 1. The number of benzene rings is 1. The van der Waals surface area contributed by atoms with Crippen LogP contribution in [-0.2, 0) is 17.9 Å². The maximum atomic E-state index is 12.8. The fourth-order valence-electron chi connectivity index (χ4n) is 4.02. The number of nitrogens with zero attached hydrogens (tertiary/aromatic N) is 3. The van der Waals surface area contributed by atoms with E-state index < -0.39 is 0 Å². The molecule has 0 bridgehead atoms. The Morgan fingerprint density at radius 1 is 1.24 bits per heavy atom. The third-order valence-electron chi connectivity index (χ3n) is 5.85. The highest BCUT2D eigenvalue weighted by Crippen LogP contribution is 2.22. The lowest BCUT2D eigenvalue weighted by Crippen LogP contribution is -2.40. The number of amides is 1. The van der Waals surface area contributed by atoms with Crippen molar-refractivity contribution in [2.45, 2.75) is 45.7 Å². The van der Waals surface area contributed by atoms with Gasteiger partial charge in [-0.15, -0.1) is 6.58 Å². The monoisotopic (exact) mass is 391 g/mol. The molecule has 0 atom stereocenters. The first-order valence-electron chi connectivity index (χ1n) is 10.7. The Morgan fingerprint density at radius 3 is 2.72 bits per heavy atom. The maximum Gasteiger partial charge on any atom is 0.223 e. The van der Waals surface area contributed by atoms with Gasteiger partial charge in [0.1, 0.15) is 0 Å². The topological polar surface area (TPSA) is 36.4 Å². The molecule has 0 saturated carbocycles. The van der Waals surface area contributed by atoms with Gasteiger partial charge in [0.15, 0.2) is 0 Å². The molecule has 0 N–H and O–H groups in total. The van der Waals surface area contributed by atoms with Crippen molar-refractivity contribution < 1.29 is 4.79 Å². The van der Waals surface area contributed by atoms with Gasteiger partial charge in [0.05, 0.1) is 0 Å². The van der Waals surface area contributed by atoms with E-state index in [1.165, 1.54) is 11.1 Å². The molecule has 0 radical (unpaired) electrons. The zero-order valence-corrected chi connectivity index (χ0v) is 17.6. The third-order valence-corrected chi connectivity index (χ3v) is 5.85. The van der Waals surface area contributed by atoms with Crippen LogP contribution in [0.4, 0.5) is 0 Å². The molecule has 4 nitrogen and oxygen atoms in total. The molecule has 4 heteroatoms. The Hall–Kier alpha value is -2.46. The van der Waals surface area contributed by atoms with E-state index in [1.54, 1.807) is 6.20 Å². The first kappa shape index (κ1) is 21.3. The molecule has 29 heavy (non-hydrogen) atoms. The molecule has 1 aliphatic rings. The molecule has 1 amide bonds. The third kappa shape index (κ3) is 6.53. The van der Waals surface area contributed by atoms with E-state index in [9.17, 15) is 4.79 Å². The molecule has 2 heterocycles. The zero-order chi connectivity index (χ0) is 20.5. The summed E-state index contributed by atoms with van der Waals surface area (Å²) in [5.74, 6) is 0.781. The number of piperidine rings is 1. The number of pyridine rings is 1. The van der Waals surface area contributed by atoms with Crippen LogP contribution in [0.2, 0.25) is 0 Å². The van der Waals surface area contributed by atoms with E-state index in [0.717, 1.165) is 51.0 Å². The zero-order valence-electron chi connectivity index (χ0n) is 17.6. The predicted molar refractivity (Wildman–Crippen MR) is 118 cm³/mol. The summed E-state index contributed by atoms with van der Waals surface area (Å²) in [5, 5.41) is 0. The molecular weight excluding hydrogens is 358 g/mol. The average Bonchev–Trinajstić information content (AvgIpc) is 2.75. The second-order valence-electron chi connectivity index (χ2n) is 8.11. The predicted octanol–water partition coefficient (Wildman–Crippen LogP) is 4.60. The van der Waals surface area contributed by atoms with Gasteiger partial charge in [0.2, 0.25) is 5.91 Å². The number of hydrogen-bond acceptors (Lipinski definition) is 3. The fourth-order valence-corrected chi connectivity index (χ4v) is 4.02. The van der Waals surface area contributed by atoms with Crippen molar-refractivity contribution >= 4 is 5.91 Å². The Morgan fingerprint density at radius 2 is 2.03 bits per heavy atom. The Kier molecular flexibility index (Phi) is 8.00. The number of hydrogen-bond donors (Lipinski definition) is 0. The minimum Gasteiger partial charge on any atom is -0.338 e. The van der Waals surface area contributed by atoms with Gasteiger partial charge in [0, 0.05) is 38.4 Å². The summed E-state index contributed by atoms with van der Waals surface area (Å²) >= 11 is 0. The maximum absolute atomic E-state index is 12.8. The number of aryl methyl sites for hydroxylation is 1. The van der Waals surface area contributed by atoms with E-state index in [2.05, 4.69) is 47.7 Å². The van der Waals surface area contributed by atoms with E-state index in [4.69, 9.17) is 0 Å². The molecule has 1 saturated heterocycles. The number of carbonyl (C=O) groups excluding carboxylic acids is 1. The number of likely N-dealkylation sites (tertiary alicyclic amines) is 1. The molecular formula is C25H33N3O. The van der Waals surface area contributed by atoms with E-state index in [-0.39, 0.29) is 5.91 Å². The number of aromatic nitrogens is 1. The van der Waals surface area contributed by atoms with E-state index in [1.807, 2.05) is 29.3 Å². The SMILES string of the molecule is C=CCCC(=O)N(Cc1cccnc1)CC1CCN(Cc2ccccc2C)CC1. The van der Waals surface area contributed by atoms with Gasteiger partial charge in [-0.25, -0.2) is 0 Å². The lowest BCUT2D eigenvalue weighted by atomic mass is 9.95. The minimum absolute atomic E-state index is 0.219. The quantitative estimate of drug-likeness (QED) is 0.586. The second kappa shape index (κ2) is 10.9. The molecule has 3 rings (SSSR count). The van der Waals surface area contributed by atoms with Crippen LogP contribution in [0.3, 0.4) is 0 Å². The molecule has 154 valence electrons. The first-order valence-corrected chi connectivity index (χ1v) is 10.7. The van der Waals surface area contributed by atoms with Crippen molar-refractivity contribution in [1.29, 1.82) is 0 Å². The van der Waals surface area contributed by atoms with Crippen molar-refractivity contribution in [3.05, 3.63) is 78.1 Å². The van der Waals surface area contributed by atoms with E-state index in [0.29, 0.717) is 18.9 Å². The van der Waals surface area contributed by atoms with Gasteiger partial charge in [0.25, 0.3) is 0 Å². The van der Waals surface area contributed by atoms with E-state index >= 15 is 0 Å². The van der Waals surface area contributed by atoms with Gasteiger partial charge < -0.3 is 4.90 Å². The van der Waals surface area contributed by atoms with Gasteiger partial charge >= 0.3 is 0 Å². The molecule has 2 aromatic rings. The fraction of sp³-hybridized carbons (Fsp3) is 0.440. The summed E-state index contributed by atoms with van der Waals surface area (Å²) in [6.07, 6.45) is 9.02. The van der Waals surface area contributed by atoms with Crippen LogP contribution in [0.25, 0.3) is 0 Å². The van der Waals surface area contributed by atoms with Crippen molar-refractivity contribution in [3.8, 4) is 0 Å². The average molecular weight is 392 g/mol. The molecule has 1 aromatic carbocycles. The number of rotatable bonds is 9. The highest BCUT2D eigenvalue weighted by atomic mass is 16.2. The lowest BCUT2D eigenvalue weighted by Gasteiger charge is -2.35. The van der Waals surface area contributed by atoms with Gasteiger partial charge in [-0.2, -0.15) is 0 Å². The lowest BCUT2D eigenvalue weighted by molar-refractivity contribution is -0.132. The smallest absolute Gasteiger partial charge is 0.223 e. The Labute approximate surface area is 175 Å².